The number of likely N-dealkylation sites (tertiary alicyclic amines) is 1. The Kier molecular flexibility index (Phi) is 6.13. The van der Waals surface area contributed by atoms with Crippen molar-refractivity contribution in [1.29, 1.82) is 0 Å². The van der Waals surface area contributed by atoms with Gasteiger partial charge in [-0.05, 0) is 59.8 Å². The van der Waals surface area contributed by atoms with Gasteiger partial charge in [0.2, 0.25) is 0 Å². The highest BCUT2D eigenvalue weighted by atomic mass is 32.1. The Balaban J connectivity index is 1.74. The van der Waals surface area contributed by atoms with Crippen molar-refractivity contribution < 1.29 is 19.4 Å². The third-order valence-electron chi connectivity index (χ3n) is 5.06. The quantitative estimate of drug-likeness (QED) is 0.335. The van der Waals surface area contributed by atoms with E-state index in [0.29, 0.717) is 17.9 Å². The summed E-state index contributed by atoms with van der Waals surface area (Å²) < 4.78 is 5.59. The molecule has 3 aromatic rings. The van der Waals surface area contributed by atoms with Crippen molar-refractivity contribution >= 4 is 28.8 Å². The number of hydrogen-bond acceptors (Lipinski definition) is 6. The molecule has 0 spiro atoms. The van der Waals surface area contributed by atoms with Gasteiger partial charge in [-0.25, -0.2) is 0 Å². The second kappa shape index (κ2) is 9.14. The number of ether oxygens (including phenoxy) is 1. The number of benzene rings is 1. The van der Waals surface area contributed by atoms with E-state index < -0.39 is 17.7 Å². The average Bonchev–Trinajstić information content (AvgIpc) is 3.41. The van der Waals surface area contributed by atoms with Crippen molar-refractivity contribution in [2.45, 2.75) is 25.9 Å². The lowest BCUT2D eigenvalue weighted by Crippen LogP contribution is -2.28. The summed E-state index contributed by atoms with van der Waals surface area (Å²) in [6, 6.07) is 13.6. The number of rotatable bonds is 7. The minimum Gasteiger partial charge on any atom is -0.507 e. The Labute approximate surface area is 184 Å². The van der Waals surface area contributed by atoms with E-state index in [4.69, 9.17) is 4.74 Å². The van der Waals surface area contributed by atoms with Gasteiger partial charge in [0.1, 0.15) is 11.5 Å². The molecular weight excluding hydrogens is 412 g/mol. The summed E-state index contributed by atoms with van der Waals surface area (Å²) in [5, 5.41) is 13.0. The van der Waals surface area contributed by atoms with Crippen LogP contribution in [0.5, 0.6) is 5.75 Å². The number of ketones is 1. The topological polar surface area (TPSA) is 79.7 Å². The fourth-order valence-electron chi connectivity index (χ4n) is 3.56. The first-order valence-corrected chi connectivity index (χ1v) is 10.9. The summed E-state index contributed by atoms with van der Waals surface area (Å²) in [5.74, 6) is -0.807. The zero-order chi connectivity index (χ0) is 21.8. The lowest BCUT2D eigenvalue weighted by Gasteiger charge is -2.24. The molecule has 2 aromatic heterocycles. The number of aliphatic hydroxyl groups excluding tert-OH is 1. The first-order valence-electron chi connectivity index (χ1n) is 10.0. The molecule has 1 aromatic carbocycles. The maximum atomic E-state index is 13.0. The number of aromatic nitrogens is 1. The molecule has 4 rings (SSSR count). The standard InChI is InChI=1S/C24H22N2O4S/c1-2-13-30-18-7-5-17(6-8-18)22(27)20-21(19-4-3-14-31-19)26(24(29)23(20)28)15-16-9-11-25-12-10-16/h3-12,14,21,27H,2,13,15H2,1H3/b22-20-. The third-order valence-corrected chi connectivity index (χ3v) is 5.98. The van der Waals surface area contributed by atoms with Crippen LogP contribution in [-0.2, 0) is 16.1 Å². The summed E-state index contributed by atoms with van der Waals surface area (Å²) in [4.78, 5) is 32.3. The average molecular weight is 435 g/mol. The van der Waals surface area contributed by atoms with Gasteiger partial charge in [0, 0.05) is 29.4 Å². The molecule has 1 atom stereocenters. The minimum absolute atomic E-state index is 0.101. The summed E-state index contributed by atoms with van der Waals surface area (Å²) in [5.41, 5.74) is 1.42. The smallest absolute Gasteiger partial charge is 0.295 e. The van der Waals surface area contributed by atoms with Gasteiger partial charge in [0.25, 0.3) is 11.7 Å². The van der Waals surface area contributed by atoms with Crippen molar-refractivity contribution in [3.05, 3.63) is 87.9 Å². The number of thiophene rings is 1. The van der Waals surface area contributed by atoms with Crippen LogP contribution in [-0.4, -0.2) is 33.3 Å². The summed E-state index contributed by atoms with van der Waals surface area (Å²) in [6.45, 7) is 2.87. The molecule has 7 heteroatoms. The van der Waals surface area contributed by atoms with Crippen LogP contribution in [0.4, 0.5) is 0 Å². The molecule has 3 heterocycles. The van der Waals surface area contributed by atoms with Crippen LogP contribution in [0, 0.1) is 0 Å². The molecule has 0 saturated carbocycles. The van der Waals surface area contributed by atoms with E-state index in [-0.39, 0.29) is 17.9 Å². The van der Waals surface area contributed by atoms with Crippen LogP contribution in [0.3, 0.4) is 0 Å². The van der Waals surface area contributed by atoms with Crippen molar-refractivity contribution in [2.24, 2.45) is 0 Å². The Morgan fingerprint density at radius 3 is 2.52 bits per heavy atom. The highest BCUT2D eigenvalue weighted by molar-refractivity contribution is 7.10. The van der Waals surface area contributed by atoms with Crippen LogP contribution in [0.15, 0.2) is 71.9 Å². The lowest BCUT2D eigenvalue weighted by molar-refractivity contribution is -0.140. The van der Waals surface area contributed by atoms with Gasteiger partial charge >= 0.3 is 0 Å². The van der Waals surface area contributed by atoms with E-state index in [1.165, 1.54) is 16.2 Å². The Morgan fingerprint density at radius 1 is 1.13 bits per heavy atom. The number of aliphatic hydroxyl groups is 1. The van der Waals surface area contributed by atoms with E-state index in [1.54, 1.807) is 48.8 Å². The molecule has 0 bridgehead atoms. The Bertz CT molecular complexity index is 1090. The van der Waals surface area contributed by atoms with E-state index >= 15 is 0 Å². The molecule has 1 amide bonds. The fraction of sp³-hybridized carbons (Fsp3) is 0.208. The predicted molar refractivity (Wildman–Crippen MR) is 119 cm³/mol. The molecule has 1 unspecified atom stereocenters. The predicted octanol–water partition coefficient (Wildman–Crippen LogP) is 4.55. The van der Waals surface area contributed by atoms with Gasteiger partial charge in [-0.1, -0.05) is 13.0 Å². The molecule has 31 heavy (non-hydrogen) atoms. The second-order valence-corrected chi connectivity index (χ2v) is 8.15. The number of nitrogens with zero attached hydrogens (tertiary/aromatic N) is 2. The maximum absolute atomic E-state index is 13.0. The van der Waals surface area contributed by atoms with Gasteiger partial charge in [-0.2, -0.15) is 0 Å². The third kappa shape index (κ3) is 4.22. The van der Waals surface area contributed by atoms with Crippen LogP contribution in [0.25, 0.3) is 5.76 Å². The number of amides is 1. The van der Waals surface area contributed by atoms with Gasteiger partial charge in [0.05, 0.1) is 18.2 Å². The normalized spacial score (nSPS) is 17.8. The minimum atomic E-state index is -0.684. The molecule has 1 aliphatic heterocycles. The number of Topliss-reactive ketones (excluding diaryl/α,β-unsaturated/α-hetero) is 1. The van der Waals surface area contributed by atoms with Gasteiger partial charge in [-0.3, -0.25) is 14.6 Å². The van der Waals surface area contributed by atoms with E-state index in [9.17, 15) is 14.7 Å². The fourth-order valence-corrected chi connectivity index (χ4v) is 4.40. The van der Waals surface area contributed by atoms with Crippen LogP contribution in [0.2, 0.25) is 0 Å². The van der Waals surface area contributed by atoms with Crippen LogP contribution < -0.4 is 4.74 Å². The molecule has 158 valence electrons. The number of pyridine rings is 1. The molecule has 1 saturated heterocycles. The Morgan fingerprint density at radius 2 is 1.87 bits per heavy atom. The summed E-state index contributed by atoms with van der Waals surface area (Å²) in [7, 11) is 0. The molecular formula is C24H22N2O4S. The SMILES string of the molecule is CCCOc1ccc(/C(O)=C2/C(=O)C(=O)N(Cc3ccncc3)C2c2cccs2)cc1. The summed E-state index contributed by atoms with van der Waals surface area (Å²) >= 11 is 1.44. The van der Waals surface area contributed by atoms with Gasteiger partial charge < -0.3 is 14.7 Å². The van der Waals surface area contributed by atoms with Crippen molar-refractivity contribution in [3.8, 4) is 5.75 Å². The van der Waals surface area contributed by atoms with E-state index in [0.717, 1.165) is 16.9 Å². The lowest BCUT2D eigenvalue weighted by atomic mass is 9.99. The zero-order valence-electron chi connectivity index (χ0n) is 17.0. The highest BCUT2D eigenvalue weighted by Crippen LogP contribution is 2.41. The van der Waals surface area contributed by atoms with E-state index in [1.807, 2.05) is 24.4 Å². The zero-order valence-corrected chi connectivity index (χ0v) is 17.8. The number of hydrogen-bond donors (Lipinski definition) is 1. The highest BCUT2D eigenvalue weighted by Gasteiger charge is 2.46. The first-order chi connectivity index (χ1) is 15.1. The van der Waals surface area contributed by atoms with E-state index in [2.05, 4.69) is 4.98 Å². The van der Waals surface area contributed by atoms with Crippen molar-refractivity contribution in [2.75, 3.05) is 6.61 Å². The van der Waals surface area contributed by atoms with Gasteiger partial charge in [-0.15, -0.1) is 11.3 Å². The second-order valence-electron chi connectivity index (χ2n) is 7.17. The summed E-state index contributed by atoms with van der Waals surface area (Å²) in [6.07, 6.45) is 4.19. The van der Waals surface area contributed by atoms with Crippen LogP contribution in [0.1, 0.15) is 35.4 Å². The molecule has 0 aliphatic carbocycles. The van der Waals surface area contributed by atoms with Crippen LogP contribution >= 0.6 is 11.3 Å². The number of carbonyl (C=O) groups excluding carboxylic acids is 2. The molecule has 0 radical (unpaired) electrons. The molecule has 6 nitrogen and oxygen atoms in total. The van der Waals surface area contributed by atoms with Crippen molar-refractivity contribution in [1.82, 2.24) is 9.88 Å². The molecule has 1 N–H and O–H groups in total. The number of carbonyl (C=O) groups is 2. The molecule has 1 aliphatic rings. The first kappa shape index (κ1) is 20.8. The Hall–Kier alpha value is -3.45. The molecule has 1 fully saturated rings. The maximum Gasteiger partial charge on any atom is 0.295 e. The monoisotopic (exact) mass is 434 g/mol. The van der Waals surface area contributed by atoms with Gasteiger partial charge in [0.15, 0.2) is 0 Å². The van der Waals surface area contributed by atoms with Crippen molar-refractivity contribution in [3.63, 3.8) is 0 Å². The largest absolute Gasteiger partial charge is 0.507 e.